The number of carbonyl (C=O) groups is 1. The molecule has 0 fully saturated rings. The monoisotopic (exact) mass is 726 g/mol. The molecule has 52 heavy (non-hydrogen) atoms. The summed E-state index contributed by atoms with van der Waals surface area (Å²) >= 11 is 0. The number of nitrogens with zero attached hydrogens (tertiary/aromatic N) is 2. The summed E-state index contributed by atoms with van der Waals surface area (Å²) in [6.07, 6.45) is 10.9. The number of carboxylic acids is 1. The van der Waals surface area contributed by atoms with Crippen LogP contribution in [0.4, 0.5) is 11.4 Å². The van der Waals surface area contributed by atoms with Crippen LogP contribution >= 0.6 is 0 Å². The molecule has 2 N–H and O–H groups in total. The Morgan fingerprint density at radius 1 is 0.827 bits per heavy atom. The second-order valence-corrected chi connectivity index (χ2v) is 17.0. The number of aliphatic carboxylic acids is 1. The lowest BCUT2D eigenvalue weighted by Crippen LogP contribution is -2.28. The van der Waals surface area contributed by atoms with E-state index >= 15 is 0 Å². The van der Waals surface area contributed by atoms with E-state index in [-0.39, 0.29) is 30.1 Å². The van der Waals surface area contributed by atoms with Gasteiger partial charge in [-0.15, -0.1) is 0 Å². The highest BCUT2D eigenvalue weighted by atomic mass is 32.2. The van der Waals surface area contributed by atoms with E-state index in [1.807, 2.05) is 44.2 Å². The van der Waals surface area contributed by atoms with Crippen molar-refractivity contribution in [3.63, 3.8) is 0 Å². The van der Waals surface area contributed by atoms with Crippen molar-refractivity contribution in [2.75, 3.05) is 18.8 Å². The van der Waals surface area contributed by atoms with E-state index in [0.29, 0.717) is 12.1 Å². The molecule has 3 aromatic rings. The zero-order chi connectivity index (χ0) is 38.0. The van der Waals surface area contributed by atoms with Crippen LogP contribution in [0.2, 0.25) is 0 Å². The topological polar surface area (TPSA) is 107 Å². The van der Waals surface area contributed by atoms with Crippen LogP contribution in [0.25, 0.3) is 12.2 Å². The van der Waals surface area contributed by atoms with Crippen molar-refractivity contribution in [2.45, 2.75) is 98.0 Å². The Labute approximate surface area is 309 Å². The lowest BCUT2D eigenvalue weighted by molar-refractivity contribution is -0.438. The molecule has 0 aromatic heterocycles. The number of fused-ring (bicyclic) bond motifs is 2. The van der Waals surface area contributed by atoms with Gasteiger partial charge in [-0.2, -0.15) is 17.6 Å². The van der Waals surface area contributed by atoms with Crippen molar-refractivity contribution in [3.05, 3.63) is 100 Å². The molecule has 5 rings (SSSR count). The summed E-state index contributed by atoms with van der Waals surface area (Å²) < 4.78 is 43.5. The summed E-state index contributed by atoms with van der Waals surface area (Å²) in [4.78, 5) is 11.5. The fraction of sp³-hybridized carbons (Fsp3) is 0.419. The molecule has 0 spiro atoms. The highest BCUT2D eigenvalue weighted by Crippen LogP contribution is 2.42. The maximum absolute atomic E-state index is 11.6. The predicted octanol–water partition coefficient (Wildman–Crippen LogP) is 8.67. The van der Waals surface area contributed by atoms with Gasteiger partial charge in [0.2, 0.25) is 11.4 Å². The highest BCUT2D eigenvalue weighted by molar-refractivity contribution is 7.85. The van der Waals surface area contributed by atoms with Crippen LogP contribution in [0, 0.1) is 6.92 Å². The van der Waals surface area contributed by atoms with Crippen molar-refractivity contribution in [1.29, 1.82) is 0 Å². The molecule has 2 aliphatic rings. The van der Waals surface area contributed by atoms with E-state index < -0.39 is 21.5 Å². The van der Waals surface area contributed by atoms with Crippen molar-refractivity contribution >= 4 is 51.0 Å². The number of hydrogen-bond acceptors (Lipinski definition) is 4. The van der Waals surface area contributed by atoms with E-state index in [2.05, 4.69) is 99.3 Å². The Hall–Kier alpha value is -4.34. The van der Waals surface area contributed by atoms with E-state index in [1.54, 1.807) is 0 Å². The number of aryl methyl sites for hydroxylation is 1. The first-order valence-corrected chi connectivity index (χ1v) is 19.9. The molecule has 0 unspecified atom stereocenters. The Kier molecular flexibility index (Phi) is 11.5. The van der Waals surface area contributed by atoms with Gasteiger partial charge in [-0.05, 0) is 96.0 Å². The van der Waals surface area contributed by atoms with Crippen molar-refractivity contribution in [1.82, 2.24) is 0 Å². The molecule has 3 aromatic carbocycles. The van der Waals surface area contributed by atoms with Crippen LogP contribution in [0.3, 0.4) is 0 Å². The average molecular weight is 727 g/mol. The quantitative estimate of drug-likeness (QED) is 0.120. The van der Waals surface area contributed by atoms with Gasteiger partial charge in [-0.3, -0.25) is 9.35 Å². The maximum Gasteiger partial charge on any atom is 0.307 e. The van der Waals surface area contributed by atoms with E-state index in [1.165, 1.54) is 22.5 Å². The summed E-state index contributed by atoms with van der Waals surface area (Å²) in [7, 11) is -4.12. The number of benzene rings is 3. The second-order valence-electron chi connectivity index (χ2n) is 15.4. The normalized spacial score (nSPS) is 16.4. The van der Waals surface area contributed by atoms with Gasteiger partial charge in [0.15, 0.2) is 11.4 Å². The lowest BCUT2D eigenvalue weighted by atomic mass is 9.80. The number of unbranched alkanes of at least 4 members (excludes halogenated alkanes) is 1. The molecule has 2 aliphatic heterocycles. The summed E-state index contributed by atoms with van der Waals surface area (Å²) in [5.74, 6) is -0.452. The molecule has 0 saturated heterocycles. The van der Waals surface area contributed by atoms with E-state index in [0.717, 1.165) is 53.2 Å². The molecular formula is C43H54N2O6S+2. The first-order valence-electron chi connectivity index (χ1n) is 18.3. The largest absolute Gasteiger partial charge is 0.490 e. The zero-order valence-electron chi connectivity index (χ0n) is 31.9. The third-order valence-corrected chi connectivity index (χ3v) is 10.9. The minimum absolute atomic E-state index is 0.00643. The Morgan fingerprint density at radius 2 is 1.42 bits per heavy atom. The maximum atomic E-state index is 11.6. The van der Waals surface area contributed by atoms with Crippen LogP contribution in [-0.2, 0) is 32.2 Å². The number of ether oxygens (including phenoxy) is 1. The Balaban J connectivity index is 1.55. The van der Waals surface area contributed by atoms with Crippen LogP contribution in [0.1, 0.15) is 101 Å². The molecule has 0 atom stereocenters. The van der Waals surface area contributed by atoms with Crippen LogP contribution < -0.4 is 4.74 Å². The Morgan fingerprint density at radius 3 is 2.02 bits per heavy atom. The summed E-state index contributed by atoms with van der Waals surface area (Å²) in [5, 5.41) is 9.44. The average Bonchev–Trinajstić information content (AvgIpc) is 3.38. The van der Waals surface area contributed by atoms with Gasteiger partial charge >= 0.3 is 5.97 Å². The highest BCUT2D eigenvalue weighted by Gasteiger charge is 2.45. The van der Waals surface area contributed by atoms with Gasteiger partial charge < -0.3 is 9.84 Å². The molecular weight excluding hydrogens is 673 g/mol. The number of allylic oxidation sites excluding steroid dienone is 2. The molecule has 2 heterocycles. The molecule has 276 valence electrons. The molecule has 0 saturated carbocycles. The fourth-order valence-electron chi connectivity index (χ4n) is 7.51. The van der Waals surface area contributed by atoms with E-state index in [4.69, 9.17) is 4.74 Å². The molecule has 9 heteroatoms. The molecule has 0 amide bonds. The first-order chi connectivity index (χ1) is 24.4. The molecule has 0 aliphatic carbocycles. The van der Waals surface area contributed by atoms with Crippen LogP contribution in [0.5, 0.6) is 5.75 Å². The van der Waals surface area contributed by atoms with Gasteiger partial charge in [0, 0.05) is 53.8 Å². The summed E-state index contributed by atoms with van der Waals surface area (Å²) in [6.45, 7) is 18.5. The zero-order valence-corrected chi connectivity index (χ0v) is 32.7. The SMILES string of the molecule is CCCC[N+]1=C(/C=C/c2cc(/C=C/C3=[N+](CCCS(=O)(=O)O)c4ccc(CC(=O)O)cc4C3(C)C)ccc2OC(C)C)C(C)(C)c2cc(C)ccc21. The smallest absolute Gasteiger partial charge is 0.307 e. The van der Waals surface area contributed by atoms with Crippen LogP contribution in [-0.4, -0.2) is 69.6 Å². The van der Waals surface area contributed by atoms with Gasteiger partial charge in [-0.25, -0.2) is 0 Å². The number of rotatable bonds is 15. The van der Waals surface area contributed by atoms with E-state index in [9.17, 15) is 22.9 Å². The third kappa shape index (κ3) is 8.48. The minimum atomic E-state index is -4.12. The standard InChI is InChI=1S/C43H52N2O6S/c1-9-10-22-44-36-17-12-30(4)25-34(36)42(5,6)40(44)21-16-33-26-31(14-19-38(33)51-29(2)3)15-20-39-43(7,8)35-27-32(28-41(46)47)13-18-37(35)45(39)23-11-24-52(48,49)50/h12-21,25-27,29H,9-11,22-24,28H2,1-8H3/p+2/b20-15+,21-16+. The fourth-order valence-corrected chi connectivity index (χ4v) is 8.00. The predicted molar refractivity (Wildman–Crippen MR) is 211 cm³/mol. The minimum Gasteiger partial charge on any atom is -0.490 e. The third-order valence-electron chi connectivity index (χ3n) is 10.1. The Bertz CT molecular complexity index is 2100. The number of carboxylic acid groups (broad SMARTS) is 1. The van der Waals surface area contributed by atoms with Gasteiger partial charge in [0.1, 0.15) is 18.8 Å². The molecule has 0 bridgehead atoms. The van der Waals surface area contributed by atoms with Gasteiger partial charge in [0.05, 0.1) is 29.1 Å². The van der Waals surface area contributed by atoms with Crippen LogP contribution in [0.15, 0.2) is 66.7 Å². The summed E-state index contributed by atoms with van der Waals surface area (Å²) in [6, 6.07) is 18.6. The van der Waals surface area contributed by atoms with Crippen molar-refractivity contribution < 1.29 is 36.8 Å². The second kappa shape index (κ2) is 15.3. The lowest BCUT2D eigenvalue weighted by Gasteiger charge is -2.17. The number of hydrogen-bond donors (Lipinski definition) is 2. The molecule has 0 radical (unpaired) electrons. The first kappa shape index (κ1) is 38.9. The van der Waals surface area contributed by atoms with Gasteiger partial charge in [-0.1, -0.05) is 37.1 Å². The van der Waals surface area contributed by atoms with Crippen molar-refractivity contribution in [3.8, 4) is 5.75 Å². The summed E-state index contributed by atoms with van der Waals surface area (Å²) in [5.41, 5.74) is 9.90. The van der Waals surface area contributed by atoms with Gasteiger partial charge in [0.25, 0.3) is 10.1 Å². The van der Waals surface area contributed by atoms with Crippen molar-refractivity contribution in [2.24, 2.45) is 0 Å². The molecule has 8 nitrogen and oxygen atoms in total.